The zero-order valence-corrected chi connectivity index (χ0v) is 16.4. The van der Waals surface area contributed by atoms with E-state index in [1.807, 2.05) is 10.7 Å². The number of nitrogens with zero attached hydrogens (tertiary/aromatic N) is 5. The molecule has 1 saturated heterocycles. The highest BCUT2D eigenvalue weighted by Crippen LogP contribution is 2.25. The molecule has 3 rings (SSSR count). The number of aliphatic hydroxyl groups is 1. The number of hydrogen-bond acceptors (Lipinski definition) is 5. The molecule has 1 aromatic heterocycles. The Morgan fingerprint density at radius 2 is 2.04 bits per heavy atom. The Hall–Kier alpha value is -1.44. The topological polar surface area (TPSA) is 64.8 Å². The average molecular weight is 364 g/mol. The molecule has 2 aliphatic heterocycles. The van der Waals surface area contributed by atoms with Crippen LogP contribution in [0.1, 0.15) is 50.1 Å². The molecule has 1 fully saturated rings. The number of rotatable bonds is 6. The predicted molar refractivity (Wildman–Crippen MR) is 101 cm³/mol. The summed E-state index contributed by atoms with van der Waals surface area (Å²) in [5.41, 5.74) is 1.77. The van der Waals surface area contributed by atoms with Crippen molar-refractivity contribution in [1.82, 2.24) is 24.5 Å². The Bertz CT molecular complexity index is 607. The Morgan fingerprint density at radius 1 is 1.31 bits per heavy atom. The molecule has 3 heterocycles. The third-order valence-electron chi connectivity index (χ3n) is 5.67. The predicted octanol–water partition coefficient (Wildman–Crippen LogP) is 1.08. The first-order valence-electron chi connectivity index (χ1n) is 9.89. The summed E-state index contributed by atoms with van der Waals surface area (Å²) in [5.74, 6) is -0.0797. The summed E-state index contributed by atoms with van der Waals surface area (Å²) in [6.07, 6.45) is 2.97. The maximum absolute atomic E-state index is 11.8. The number of piperidine rings is 1. The van der Waals surface area contributed by atoms with Gasteiger partial charge in [-0.3, -0.25) is 14.4 Å². The lowest BCUT2D eigenvalue weighted by Gasteiger charge is -2.40. The molecular formula is C19H33N5O2. The van der Waals surface area contributed by atoms with Crippen LogP contribution in [-0.2, 0) is 17.9 Å². The first kappa shape index (κ1) is 19.3. The Balaban J connectivity index is 1.57. The van der Waals surface area contributed by atoms with Crippen LogP contribution in [0.25, 0.3) is 0 Å². The number of carbonyl (C=O) groups is 1. The van der Waals surface area contributed by atoms with Crippen molar-refractivity contribution in [2.45, 2.75) is 57.8 Å². The van der Waals surface area contributed by atoms with E-state index in [9.17, 15) is 9.90 Å². The van der Waals surface area contributed by atoms with Gasteiger partial charge < -0.3 is 14.9 Å². The quantitative estimate of drug-likeness (QED) is 0.820. The largest absolute Gasteiger partial charge is 0.386 e. The lowest BCUT2D eigenvalue weighted by atomic mass is 10.0. The highest BCUT2D eigenvalue weighted by Gasteiger charge is 2.29. The van der Waals surface area contributed by atoms with Gasteiger partial charge in [0, 0.05) is 33.2 Å². The molecule has 146 valence electrons. The third-order valence-corrected chi connectivity index (χ3v) is 5.67. The van der Waals surface area contributed by atoms with Gasteiger partial charge in [0.1, 0.15) is 6.10 Å². The van der Waals surface area contributed by atoms with Crippen molar-refractivity contribution in [2.24, 2.45) is 0 Å². The zero-order valence-electron chi connectivity index (χ0n) is 16.4. The molecule has 1 atom stereocenters. The van der Waals surface area contributed by atoms with Crippen molar-refractivity contribution in [3.05, 3.63) is 17.5 Å². The Morgan fingerprint density at radius 3 is 2.69 bits per heavy atom. The Kier molecular flexibility index (Phi) is 6.32. The fourth-order valence-electron chi connectivity index (χ4n) is 4.06. The molecule has 1 N–H and O–H groups in total. The molecule has 0 bridgehead atoms. The molecule has 1 aromatic rings. The third kappa shape index (κ3) is 4.45. The second-order valence-corrected chi connectivity index (χ2v) is 7.84. The average Bonchev–Trinajstić information content (AvgIpc) is 3.06. The molecule has 26 heavy (non-hydrogen) atoms. The minimum atomic E-state index is -0.825. The van der Waals surface area contributed by atoms with Gasteiger partial charge in [-0.25, -0.2) is 0 Å². The molecule has 2 aliphatic rings. The number of aliphatic hydroxyl groups excluding tert-OH is 1. The summed E-state index contributed by atoms with van der Waals surface area (Å²) in [6, 6.07) is 2.63. The van der Waals surface area contributed by atoms with Crippen LogP contribution in [0.4, 0.5) is 0 Å². The van der Waals surface area contributed by atoms with E-state index >= 15 is 0 Å². The molecule has 7 heteroatoms. The first-order chi connectivity index (χ1) is 12.5. The number of likely N-dealkylation sites (tertiary alicyclic amines) is 1. The van der Waals surface area contributed by atoms with Gasteiger partial charge in [-0.05, 0) is 45.0 Å². The van der Waals surface area contributed by atoms with Gasteiger partial charge in [-0.15, -0.1) is 0 Å². The van der Waals surface area contributed by atoms with E-state index in [2.05, 4.69) is 21.8 Å². The minimum Gasteiger partial charge on any atom is -0.386 e. The van der Waals surface area contributed by atoms with Gasteiger partial charge in [-0.1, -0.05) is 6.92 Å². The monoisotopic (exact) mass is 363 g/mol. The van der Waals surface area contributed by atoms with Crippen molar-refractivity contribution in [3.63, 3.8) is 0 Å². The normalized spacial score (nSPS) is 20.8. The van der Waals surface area contributed by atoms with Crippen molar-refractivity contribution in [2.75, 3.05) is 40.3 Å². The van der Waals surface area contributed by atoms with Crippen LogP contribution in [0.15, 0.2) is 6.07 Å². The molecule has 0 saturated carbocycles. The maximum atomic E-state index is 11.8. The molecule has 0 radical (unpaired) electrons. The van der Waals surface area contributed by atoms with Crippen LogP contribution in [0.3, 0.4) is 0 Å². The van der Waals surface area contributed by atoms with Gasteiger partial charge in [0.15, 0.2) is 0 Å². The van der Waals surface area contributed by atoms with E-state index in [4.69, 9.17) is 0 Å². The summed E-state index contributed by atoms with van der Waals surface area (Å²) >= 11 is 0. The molecule has 7 nitrogen and oxygen atoms in total. The fourth-order valence-corrected chi connectivity index (χ4v) is 4.06. The molecule has 0 spiro atoms. The van der Waals surface area contributed by atoms with Gasteiger partial charge in [0.25, 0.3) is 0 Å². The lowest BCUT2D eigenvalue weighted by molar-refractivity contribution is -0.130. The molecule has 0 aromatic carbocycles. The SMILES string of the molecule is CCCN1CCC(N2CCn3nc(C(O)CC(=O)N(C)C)cc3C2)CC1. The van der Waals surface area contributed by atoms with Crippen LogP contribution in [0, 0.1) is 0 Å². The van der Waals surface area contributed by atoms with Crippen molar-refractivity contribution >= 4 is 5.91 Å². The van der Waals surface area contributed by atoms with Crippen LogP contribution in [0.2, 0.25) is 0 Å². The summed E-state index contributed by atoms with van der Waals surface area (Å²) in [5, 5.41) is 14.9. The second kappa shape index (κ2) is 8.50. The van der Waals surface area contributed by atoms with Crippen LogP contribution >= 0.6 is 0 Å². The molecule has 1 unspecified atom stereocenters. The smallest absolute Gasteiger partial charge is 0.225 e. The first-order valence-corrected chi connectivity index (χ1v) is 9.89. The van der Waals surface area contributed by atoms with Gasteiger partial charge in [0.2, 0.25) is 5.91 Å². The number of aromatic nitrogens is 2. The van der Waals surface area contributed by atoms with Gasteiger partial charge in [0.05, 0.1) is 24.4 Å². The van der Waals surface area contributed by atoms with Crippen molar-refractivity contribution in [3.8, 4) is 0 Å². The van der Waals surface area contributed by atoms with E-state index in [0.717, 1.165) is 25.3 Å². The summed E-state index contributed by atoms with van der Waals surface area (Å²) < 4.78 is 2.00. The summed E-state index contributed by atoms with van der Waals surface area (Å²) in [4.78, 5) is 18.5. The zero-order chi connectivity index (χ0) is 18.7. The van der Waals surface area contributed by atoms with E-state index in [1.165, 1.54) is 43.8 Å². The Labute approximate surface area is 156 Å². The van der Waals surface area contributed by atoms with E-state index in [-0.39, 0.29) is 12.3 Å². The molecule has 1 amide bonds. The second-order valence-electron chi connectivity index (χ2n) is 7.84. The van der Waals surface area contributed by atoms with Crippen molar-refractivity contribution in [1.29, 1.82) is 0 Å². The molecular weight excluding hydrogens is 330 g/mol. The van der Waals surface area contributed by atoms with E-state index < -0.39 is 6.10 Å². The number of fused-ring (bicyclic) bond motifs is 1. The maximum Gasteiger partial charge on any atom is 0.225 e. The van der Waals surface area contributed by atoms with Crippen LogP contribution < -0.4 is 0 Å². The lowest BCUT2D eigenvalue weighted by Crippen LogP contribution is -2.47. The highest BCUT2D eigenvalue weighted by atomic mass is 16.3. The molecule has 0 aliphatic carbocycles. The minimum absolute atomic E-state index is 0.0797. The summed E-state index contributed by atoms with van der Waals surface area (Å²) in [7, 11) is 3.41. The fraction of sp³-hybridized carbons (Fsp3) is 0.789. The van der Waals surface area contributed by atoms with Crippen molar-refractivity contribution < 1.29 is 9.90 Å². The number of carbonyl (C=O) groups excluding carboxylic acids is 1. The standard InChI is InChI=1S/C19H33N5O2/c1-4-7-22-8-5-15(6-9-22)23-10-11-24-16(14-23)12-17(20-24)18(25)13-19(26)21(2)3/h12,15,18,25H,4-11,13-14H2,1-3H3. The number of amides is 1. The summed E-state index contributed by atoms with van der Waals surface area (Å²) in [6.45, 7) is 8.62. The van der Waals surface area contributed by atoms with Gasteiger partial charge in [-0.2, -0.15) is 5.10 Å². The van der Waals surface area contributed by atoms with E-state index in [1.54, 1.807) is 14.1 Å². The highest BCUT2D eigenvalue weighted by molar-refractivity contribution is 5.76. The van der Waals surface area contributed by atoms with Crippen LogP contribution in [-0.4, -0.2) is 81.8 Å². The van der Waals surface area contributed by atoms with E-state index in [0.29, 0.717) is 11.7 Å². The van der Waals surface area contributed by atoms with Crippen LogP contribution in [0.5, 0.6) is 0 Å². The van der Waals surface area contributed by atoms with Gasteiger partial charge >= 0.3 is 0 Å². The number of hydrogen-bond donors (Lipinski definition) is 1.